The number of ether oxygens (including phenoxy) is 1. The molecule has 0 unspecified atom stereocenters. The summed E-state index contributed by atoms with van der Waals surface area (Å²) < 4.78 is 6.09. The van der Waals surface area contributed by atoms with Crippen LogP contribution in [0.1, 0.15) is 27.4 Å². The number of hydrogen-bond donors (Lipinski definition) is 1. The number of H-pyrrole nitrogens is 1. The number of para-hydroxylation sites is 1. The van der Waals surface area contributed by atoms with Gasteiger partial charge in [0.2, 0.25) is 0 Å². The third-order valence-electron chi connectivity index (χ3n) is 5.33. The number of amides is 1. The molecule has 1 N–H and O–H groups in total. The smallest absolute Gasteiger partial charge is 0.276 e. The second-order valence-electron chi connectivity index (χ2n) is 7.44. The Kier molecular flexibility index (Phi) is 5.18. The SMILES string of the molecule is O=C(c1cnc(CCc2ccccc2)[nH]1)N1Cc2ccccc2Oc2ccc(Cl)cc21. The summed E-state index contributed by atoms with van der Waals surface area (Å²) in [5.41, 5.74) is 3.23. The number of imidazole rings is 1. The number of carbonyl (C=O) groups is 1. The van der Waals surface area contributed by atoms with Gasteiger partial charge in [0.15, 0.2) is 5.75 Å². The van der Waals surface area contributed by atoms with Gasteiger partial charge >= 0.3 is 0 Å². The lowest BCUT2D eigenvalue weighted by Crippen LogP contribution is -2.30. The number of halogens is 1. The Labute approximate surface area is 185 Å². The molecule has 31 heavy (non-hydrogen) atoms. The van der Waals surface area contributed by atoms with Gasteiger partial charge in [-0.2, -0.15) is 0 Å². The first-order chi connectivity index (χ1) is 15.2. The van der Waals surface area contributed by atoms with Crippen LogP contribution in [0.2, 0.25) is 5.02 Å². The highest BCUT2D eigenvalue weighted by Gasteiger charge is 2.27. The van der Waals surface area contributed by atoms with E-state index in [2.05, 4.69) is 22.1 Å². The van der Waals surface area contributed by atoms with Crippen LogP contribution in [0.25, 0.3) is 0 Å². The van der Waals surface area contributed by atoms with E-state index in [1.54, 1.807) is 29.3 Å². The van der Waals surface area contributed by atoms with E-state index in [0.717, 1.165) is 30.0 Å². The van der Waals surface area contributed by atoms with Crippen molar-refractivity contribution in [2.45, 2.75) is 19.4 Å². The number of nitrogens with one attached hydrogen (secondary N) is 1. The molecule has 154 valence electrons. The fraction of sp³-hybridized carbons (Fsp3) is 0.120. The lowest BCUT2D eigenvalue weighted by molar-refractivity contribution is 0.0981. The van der Waals surface area contributed by atoms with Crippen molar-refractivity contribution in [1.29, 1.82) is 0 Å². The number of nitrogens with zero attached hydrogens (tertiary/aromatic N) is 2. The Morgan fingerprint density at radius 1 is 1.00 bits per heavy atom. The van der Waals surface area contributed by atoms with Gasteiger partial charge < -0.3 is 9.72 Å². The Bertz CT molecular complexity index is 1240. The van der Waals surface area contributed by atoms with Crippen molar-refractivity contribution in [2.24, 2.45) is 0 Å². The van der Waals surface area contributed by atoms with E-state index in [1.165, 1.54) is 5.56 Å². The molecule has 0 radical (unpaired) electrons. The maximum absolute atomic E-state index is 13.5. The van der Waals surface area contributed by atoms with Crippen LogP contribution in [-0.2, 0) is 19.4 Å². The molecule has 0 aliphatic carbocycles. The number of aromatic nitrogens is 2. The number of rotatable bonds is 4. The van der Waals surface area contributed by atoms with Crippen LogP contribution in [0, 0.1) is 0 Å². The number of anilines is 1. The minimum Gasteiger partial charge on any atom is -0.455 e. The topological polar surface area (TPSA) is 58.2 Å². The van der Waals surface area contributed by atoms with Gasteiger partial charge in [-0.3, -0.25) is 9.69 Å². The van der Waals surface area contributed by atoms with E-state index in [9.17, 15) is 4.79 Å². The van der Waals surface area contributed by atoms with Gasteiger partial charge in [-0.1, -0.05) is 60.1 Å². The molecular weight excluding hydrogens is 410 g/mol. The van der Waals surface area contributed by atoms with Crippen molar-refractivity contribution in [1.82, 2.24) is 9.97 Å². The predicted octanol–water partition coefficient (Wildman–Crippen LogP) is 5.80. The van der Waals surface area contributed by atoms with Gasteiger partial charge in [0, 0.05) is 17.0 Å². The number of benzene rings is 3. The first-order valence-electron chi connectivity index (χ1n) is 10.1. The first-order valence-corrected chi connectivity index (χ1v) is 10.5. The molecule has 0 fully saturated rings. The minimum absolute atomic E-state index is 0.178. The fourth-order valence-electron chi connectivity index (χ4n) is 3.73. The number of carbonyl (C=O) groups excluding carboxylic acids is 1. The summed E-state index contributed by atoms with van der Waals surface area (Å²) in [6, 6.07) is 23.2. The molecule has 0 bridgehead atoms. The van der Waals surface area contributed by atoms with Crippen LogP contribution >= 0.6 is 11.6 Å². The summed E-state index contributed by atoms with van der Waals surface area (Å²) >= 11 is 6.25. The Hall–Kier alpha value is -3.57. The van der Waals surface area contributed by atoms with Crippen molar-refractivity contribution in [2.75, 3.05) is 4.90 Å². The van der Waals surface area contributed by atoms with Gasteiger partial charge in [0.1, 0.15) is 17.3 Å². The zero-order valence-corrected chi connectivity index (χ0v) is 17.5. The van der Waals surface area contributed by atoms with E-state index in [4.69, 9.17) is 16.3 Å². The summed E-state index contributed by atoms with van der Waals surface area (Å²) in [5, 5.41) is 0.541. The minimum atomic E-state index is -0.178. The average Bonchev–Trinajstić information content (AvgIpc) is 3.21. The van der Waals surface area contributed by atoms with Gasteiger partial charge in [0.25, 0.3) is 5.91 Å². The second-order valence-corrected chi connectivity index (χ2v) is 7.88. The monoisotopic (exact) mass is 429 g/mol. The van der Waals surface area contributed by atoms with Crippen molar-refractivity contribution < 1.29 is 9.53 Å². The Morgan fingerprint density at radius 3 is 2.68 bits per heavy atom. The lowest BCUT2D eigenvalue weighted by atomic mass is 10.1. The van der Waals surface area contributed by atoms with Gasteiger partial charge in [-0.05, 0) is 36.2 Å². The number of fused-ring (bicyclic) bond motifs is 2. The molecule has 1 aliphatic rings. The van der Waals surface area contributed by atoms with Crippen molar-refractivity contribution >= 4 is 23.2 Å². The highest BCUT2D eigenvalue weighted by atomic mass is 35.5. The summed E-state index contributed by atoms with van der Waals surface area (Å²) in [6.07, 6.45) is 3.18. The van der Waals surface area contributed by atoms with Crippen molar-refractivity contribution in [3.8, 4) is 11.5 Å². The summed E-state index contributed by atoms with van der Waals surface area (Å²) in [7, 11) is 0. The van der Waals surface area contributed by atoms with Crippen LogP contribution in [0.3, 0.4) is 0 Å². The average molecular weight is 430 g/mol. The molecule has 1 aromatic heterocycles. The zero-order valence-electron chi connectivity index (χ0n) is 16.7. The molecular formula is C25H20ClN3O2. The largest absolute Gasteiger partial charge is 0.455 e. The molecule has 1 aliphatic heterocycles. The number of hydrogen-bond acceptors (Lipinski definition) is 3. The van der Waals surface area contributed by atoms with E-state index in [0.29, 0.717) is 28.7 Å². The van der Waals surface area contributed by atoms with Gasteiger partial charge in [-0.15, -0.1) is 0 Å². The van der Waals surface area contributed by atoms with Gasteiger partial charge in [0.05, 0.1) is 18.4 Å². The fourth-order valence-corrected chi connectivity index (χ4v) is 3.89. The van der Waals surface area contributed by atoms with Crippen LogP contribution in [0.15, 0.2) is 79.0 Å². The summed E-state index contributed by atoms with van der Waals surface area (Å²) in [5.74, 6) is 1.92. The van der Waals surface area contributed by atoms with Crippen LogP contribution < -0.4 is 9.64 Å². The third kappa shape index (κ3) is 4.05. The van der Waals surface area contributed by atoms with E-state index in [-0.39, 0.29) is 5.91 Å². The van der Waals surface area contributed by atoms with Crippen molar-refractivity contribution in [3.63, 3.8) is 0 Å². The number of aromatic amines is 1. The van der Waals surface area contributed by atoms with E-state index in [1.807, 2.05) is 42.5 Å². The van der Waals surface area contributed by atoms with Crippen molar-refractivity contribution in [3.05, 3.63) is 107 Å². The molecule has 0 saturated heterocycles. The Morgan fingerprint density at radius 2 is 1.81 bits per heavy atom. The molecule has 6 heteroatoms. The normalized spacial score (nSPS) is 12.5. The van der Waals surface area contributed by atoms with E-state index < -0.39 is 0 Å². The third-order valence-corrected chi connectivity index (χ3v) is 5.57. The van der Waals surface area contributed by atoms with Crippen LogP contribution in [-0.4, -0.2) is 15.9 Å². The molecule has 0 saturated carbocycles. The lowest BCUT2D eigenvalue weighted by Gasteiger charge is -2.21. The molecule has 1 amide bonds. The summed E-state index contributed by atoms with van der Waals surface area (Å²) in [6.45, 7) is 0.376. The standard InChI is InChI=1S/C25H20ClN3O2/c26-19-11-12-23-21(14-19)29(16-18-8-4-5-9-22(18)31-23)25(30)20-15-27-24(28-20)13-10-17-6-2-1-3-7-17/h1-9,11-12,14-15H,10,13,16H2,(H,27,28). The second kappa shape index (κ2) is 8.28. The highest BCUT2D eigenvalue weighted by molar-refractivity contribution is 6.31. The highest BCUT2D eigenvalue weighted by Crippen LogP contribution is 2.40. The molecule has 4 aromatic rings. The maximum atomic E-state index is 13.5. The quantitative estimate of drug-likeness (QED) is 0.446. The first kappa shape index (κ1) is 19.4. The number of aryl methyl sites for hydroxylation is 2. The molecule has 5 rings (SSSR count). The Balaban J connectivity index is 1.43. The zero-order chi connectivity index (χ0) is 21.2. The van der Waals surface area contributed by atoms with Crippen LogP contribution in [0.5, 0.6) is 11.5 Å². The molecule has 0 atom stereocenters. The molecule has 0 spiro atoms. The maximum Gasteiger partial charge on any atom is 0.276 e. The molecule has 2 heterocycles. The van der Waals surface area contributed by atoms with Crippen LogP contribution in [0.4, 0.5) is 5.69 Å². The molecule has 3 aromatic carbocycles. The van der Waals surface area contributed by atoms with E-state index >= 15 is 0 Å². The van der Waals surface area contributed by atoms with Gasteiger partial charge in [-0.25, -0.2) is 4.98 Å². The summed E-state index contributed by atoms with van der Waals surface area (Å²) in [4.78, 5) is 22.8. The molecule has 5 nitrogen and oxygen atoms in total. The predicted molar refractivity (Wildman–Crippen MR) is 121 cm³/mol.